The van der Waals surface area contributed by atoms with Crippen LogP contribution in [0.2, 0.25) is 0 Å². The Hall–Kier alpha value is -1.08. The van der Waals surface area contributed by atoms with Gasteiger partial charge in [0.15, 0.2) is 8.68 Å². The minimum absolute atomic E-state index is 0.137. The fourth-order valence-electron chi connectivity index (χ4n) is 1.40. The highest BCUT2D eigenvalue weighted by atomic mass is 32.2. The molecule has 0 saturated heterocycles. The van der Waals surface area contributed by atoms with Crippen molar-refractivity contribution in [2.24, 2.45) is 0 Å². The highest BCUT2D eigenvalue weighted by Gasteiger charge is 2.19. The molecule has 2 heterocycles. The number of hydrogen-bond acceptors (Lipinski definition) is 8. The Bertz CT molecular complexity index is 676. The van der Waals surface area contributed by atoms with Gasteiger partial charge in [-0.15, -0.1) is 21.5 Å². The van der Waals surface area contributed by atoms with Gasteiger partial charge in [-0.1, -0.05) is 41.8 Å². The molecule has 22 heavy (non-hydrogen) atoms. The van der Waals surface area contributed by atoms with Crippen LogP contribution in [0.25, 0.3) is 0 Å². The monoisotopic (exact) mass is 370 g/mol. The zero-order valence-electron chi connectivity index (χ0n) is 12.0. The Morgan fingerprint density at radius 2 is 2.27 bits per heavy atom. The van der Waals surface area contributed by atoms with Gasteiger partial charge in [0, 0.05) is 5.75 Å². The van der Waals surface area contributed by atoms with Crippen LogP contribution in [0, 0.1) is 11.3 Å². The second-order valence-corrected chi connectivity index (χ2v) is 9.03. The maximum atomic E-state index is 12.2. The number of thiophene rings is 1. The summed E-state index contributed by atoms with van der Waals surface area (Å²) in [7, 11) is 0. The standard InChI is InChI=1S/C13H14N4OS4/c1-3-5-20-12-16-17-13(22-12)21-8(2)10(18)15-11-9(7-14)4-6-19-11/h4,6,8H,3,5H2,1-2H3,(H,15,18)/t8-/m0/s1. The molecule has 0 bridgehead atoms. The molecule has 5 nitrogen and oxygen atoms in total. The first-order valence-corrected chi connectivity index (χ1v) is 10.1. The van der Waals surface area contributed by atoms with Crippen molar-refractivity contribution in [3.63, 3.8) is 0 Å². The number of carbonyl (C=O) groups excluding carboxylic acids is 1. The zero-order valence-corrected chi connectivity index (χ0v) is 15.3. The Morgan fingerprint density at radius 1 is 1.50 bits per heavy atom. The minimum atomic E-state index is -0.300. The van der Waals surface area contributed by atoms with Gasteiger partial charge in [-0.2, -0.15) is 5.26 Å². The van der Waals surface area contributed by atoms with Crippen molar-refractivity contribution in [1.82, 2.24) is 10.2 Å². The number of nitriles is 1. The van der Waals surface area contributed by atoms with E-state index in [1.807, 2.05) is 6.92 Å². The molecule has 2 rings (SSSR count). The average molecular weight is 371 g/mol. The second kappa shape index (κ2) is 8.53. The van der Waals surface area contributed by atoms with Crippen LogP contribution < -0.4 is 5.32 Å². The van der Waals surface area contributed by atoms with Gasteiger partial charge in [0.25, 0.3) is 0 Å². The molecule has 0 aliphatic carbocycles. The summed E-state index contributed by atoms with van der Waals surface area (Å²) in [4.78, 5) is 12.2. The van der Waals surface area contributed by atoms with E-state index < -0.39 is 0 Å². The first kappa shape index (κ1) is 17.3. The normalized spacial score (nSPS) is 11.9. The summed E-state index contributed by atoms with van der Waals surface area (Å²) < 4.78 is 1.72. The number of thioether (sulfide) groups is 2. The van der Waals surface area contributed by atoms with E-state index in [2.05, 4.69) is 28.5 Å². The molecule has 0 fully saturated rings. The van der Waals surface area contributed by atoms with E-state index in [-0.39, 0.29) is 11.2 Å². The third-order valence-electron chi connectivity index (χ3n) is 2.49. The molecule has 1 N–H and O–H groups in total. The third kappa shape index (κ3) is 4.71. The third-order valence-corrected chi connectivity index (χ3v) is 6.76. The molecule has 0 aliphatic heterocycles. The lowest BCUT2D eigenvalue weighted by molar-refractivity contribution is -0.115. The molecule has 0 aromatic carbocycles. The van der Waals surface area contributed by atoms with Crippen molar-refractivity contribution in [3.05, 3.63) is 17.0 Å². The Balaban J connectivity index is 1.91. The topological polar surface area (TPSA) is 78.7 Å². The predicted octanol–water partition coefficient (Wildman–Crippen LogP) is 4.09. The first-order valence-electron chi connectivity index (χ1n) is 6.55. The fraction of sp³-hybridized carbons (Fsp3) is 0.385. The summed E-state index contributed by atoms with van der Waals surface area (Å²) in [6, 6.07) is 3.75. The Morgan fingerprint density at radius 3 is 3.00 bits per heavy atom. The molecule has 0 spiro atoms. The predicted molar refractivity (Wildman–Crippen MR) is 93.9 cm³/mol. The number of rotatable bonds is 7. The fourth-order valence-corrected chi connectivity index (χ4v) is 5.23. The van der Waals surface area contributed by atoms with E-state index in [1.165, 1.54) is 34.4 Å². The summed E-state index contributed by atoms with van der Waals surface area (Å²) in [6.07, 6.45) is 1.09. The molecule has 0 unspecified atom stereocenters. The van der Waals surface area contributed by atoms with Gasteiger partial charge < -0.3 is 5.32 Å². The number of carbonyl (C=O) groups is 1. The van der Waals surface area contributed by atoms with Crippen LogP contribution in [-0.4, -0.2) is 27.1 Å². The average Bonchev–Trinajstić information content (AvgIpc) is 3.14. The van der Waals surface area contributed by atoms with Crippen LogP contribution in [0.3, 0.4) is 0 Å². The van der Waals surface area contributed by atoms with E-state index >= 15 is 0 Å². The van der Waals surface area contributed by atoms with E-state index in [0.717, 1.165) is 20.9 Å². The van der Waals surface area contributed by atoms with Crippen molar-refractivity contribution in [2.75, 3.05) is 11.1 Å². The largest absolute Gasteiger partial charge is 0.316 e. The maximum Gasteiger partial charge on any atom is 0.238 e. The summed E-state index contributed by atoms with van der Waals surface area (Å²) >= 11 is 5.92. The molecule has 0 aliphatic rings. The van der Waals surface area contributed by atoms with Crippen LogP contribution in [0.15, 0.2) is 20.1 Å². The summed E-state index contributed by atoms with van der Waals surface area (Å²) in [6.45, 7) is 3.94. The highest BCUT2D eigenvalue weighted by molar-refractivity contribution is 8.03. The highest BCUT2D eigenvalue weighted by Crippen LogP contribution is 2.32. The number of aromatic nitrogens is 2. The molecule has 0 radical (unpaired) electrons. The van der Waals surface area contributed by atoms with E-state index in [4.69, 9.17) is 5.26 Å². The molecule has 9 heteroatoms. The lowest BCUT2D eigenvalue weighted by Gasteiger charge is -2.08. The van der Waals surface area contributed by atoms with Crippen molar-refractivity contribution in [3.8, 4) is 6.07 Å². The van der Waals surface area contributed by atoms with E-state index in [9.17, 15) is 4.79 Å². The SMILES string of the molecule is CCCSc1nnc(S[C@@H](C)C(=O)Nc2sccc2C#N)s1. The number of hydrogen-bond donors (Lipinski definition) is 1. The molecule has 2 aromatic heterocycles. The van der Waals surface area contributed by atoms with Crippen LogP contribution >= 0.6 is 46.2 Å². The van der Waals surface area contributed by atoms with E-state index in [1.54, 1.807) is 23.2 Å². The van der Waals surface area contributed by atoms with Gasteiger partial charge in [0.05, 0.1) is 10.8 Å². The molecule has 1 atom stereocenters. The zero-order chi connectivity index (χ0) is 15.9. The lowest BCUT2D eigenvalue weighted by Crippen LogP contribution is -2.22. The lowest BCUT2D eigenvalue weighted by atomic mass is 10.3. The van der Waals surface area contributed by atoms with Gasteiger partial charge in [0.1, 0.15) is 11.1 Å². The molecule has 0 saturated carbocycles. The van der Waals surface area contributed by atoms with Crippen LogP contribution in [-0.2, 0) is 4.79 Å². The van der Waals surface area contributed by atoms with Gasteiger partial charge >= 0.3 is 0 Å². The molecule has 2 aromatic rings. The van der Waals surface area contributed by atoms with Crippen LogP contribution in [0.1, 0.15) is 25.8 Å². The smallest absolute Gasteiger partial charge is 0.238 e. The van der Waals surface area contributed by atoms with Gasteiger partial charge in [-0.25, -0.2) is 0 Å². The van der Waals surface area contributed by atoms with E-state index in [0.29, 0.717) is 10.6 Å². The van der Waals surface area contributed by atoms with Crippen LogP contribution in [0.5, 0.6) is 0 Å². The number of nitrogens with one attached hydrogen (secondary N) is 1. The van der Waals surface area contributed by atoms with Crippen molar-refractivity contribution >= 4 is 57.1 Å². The Labute approximate surface area is 145 Å². The van der Waals surface area contributed by atoms with Crippen molar-refractivity contribution < 1.29 is 4.79 Å². The maximum absolute atomic E-state index is 12.2. The summed E-state index contributed by atoms with van der Waals surface area (Å²) in [5.74, 6) is 0.881. The molecule has 116 valence electrons. The molecular weight excluding hydrogens is 356 g/mol. The molecular formula is C13H14N4OS4. The van der Waals surface area contributed by atoms with Crippen molar-refractivity contribution in [1.29, 1.82) is 5.26 Å². The number of nitrogens with zero attached hydrogens (tertiary/aromatic N) is 3. The second-order valence-electron chi connectivity index (χ2n) is 4.21. The van der Waals surface area contributed by atoms with Gasteiger partial charge in [0.2, 0.25) is 5.91 Å². The Kier molecular flexibility index (Phi) is 6.70. The quantitative estimate of drug-likeness (QED) is 0.740. The summed E-state index contributed by atoms with van der Waals surface area (Å²) in [5.41, 5.74) is 0.490. The summed E-state index contributed by atoms with van der Waals surface area (Å²) in [5, 5.41) is 22.0. The van der Waals surface area contributed by atoms with Gasteiger partial charge in [-0.3, -0.25) is 4.79 Å². The first-order chi connectivity index (χ1) is 10.6. The number of anilines is 1. The van der Waals surface area contributed by atoms with Gasteiger partial charge in [-0.05, 0) is 24.8 Å². The van der Waals surface area contributed by atoms with Crippen molar-refractivity contribution in [2.45, 2.75) is 34.2 Å². The van der Waals surface area contributed by atoms with Crippen LogP contribution in [0.4, 0.5) is 5.00 Å². The number of amides is 1. The molecule has 1 amide bonds. The minimum Gasteiger partial charge on any atom is -0.316 e.